The smallest absolute Gasteiger partial charge is 0.312 e. The first-order valence-corrected chi connectivity index (χ1v) is 8.30. The molecular formula is C19H30O3. The van der Waals surface area contributed by atoms with Gasteiger partial charge in [0.1, 0.15) is 5.75 Å². The molecule has 0 aliphatic rings. The van der Waals surface area contributed by atoms with E-state index in [1.165, 1.54) is 0 Å². The van der Waals surface area contributed by atoms with Gasteiger partial charge in [-0.25, -0.2) is 0 Å². The summed E-state index contributed by atoms with van der Waals surface area (Å²) in [7, 11) is 1.67. The molecule has 0 aliphatic heterocycles. The molecule has 1 aromatic rings. The van der Waals surface area contributed by atoms with E-state index < -0.39 is 5.41 Å². The van der Waals surface area contributed by atoms with E-state index in [0.29, 0.717) is 13.0 Å². The molecule has 0 aliphatic carbocycles. The van der Waals surface area contributed by atoms with Gasteiger partial charge in [-0.3, -0.25) is 4.79 Å². The van der Waals surface area contributed by atoms with Crippen LogP contribution in [0.25, 0.3) is 0 Å². The summed E-state index contributed by atoms with van der Waals surface area (Å²) in [6.45, 7) is 8.67. The molecule has 1 atom stereocenters. The molecule has 0 heterocycles. The van der Waals surface area contributed by atoms with Gasteiger partial charge in [0.05, 0.1) is 19.1 Å². The summed E-state index contributed by atoms with van der Waals surface area (Å²) in [5, 5.41) is 0. The van der Waals surface area contributed by atoms with Crippen molar-refractivity contribution in [1.82, 2.24) is 0 Å². The van der Waals surface area contributed by atoms with E-state index >= 15 is 0 Å². The van der Waals surface area contributed by atoms with Crippen LogP contribution in [0.2, 0.25) is 0 Å². The molecule has 3 nitrogen and oxygen atoms in total. The zero-order valence-corrected chi connectivity index (χ0v) is 14.6. The largest absolute Gasteiger partial charge is 0.496 e. The highest BCUT2D eigenvalue weighted by molar-refractivity contribution is 5.77. The second-order valence-corrected chi connectivity index (χ2v) is 6.12. The molecule has 1 aromatic carbocycles. The zero-order chi connectivity index (χ0) is 16.6. The predicted molar refractivity (Wildman–Crippen MR) is 90.1 cm³/mol. The summed E-state index contributed by atoms with van der Waals surface area (Å²) in [6.07, 6.45) is 3.59. The van der Waals surface area contributed by atoms with Gasteiger partial charge in [0.15, 0.2) is 0 Å². The van der Waals surface area contributed by atoms with Gasteiger partial charge < -0.3 is 9.47 Å². The fraction of sp³-hybridized carbons (Fsp3) is 0.632. The number of esters is 1. The summed E-state index contributed by atoms with van der Waals surface area (Å²) in [5.41, 5.74) is 0.587. The molecule has 0 fully saturated rings. The molecule has 0 radical (unpaired) electrons. The van der Waals surface area contributed by atoms with Gasteiger partial charge in [0.2, 0.25) is 0 Å². The maximum Gasteiger partial charge on any atom is 0.312 e. The molecule has 1 unspecified atom stereocenters. The maximum absolute atomic E-state index is 12.8. The Labute approximate surface area is 135 Å². The average molecular weight is 306 g/mol. The van der Waals surface area contributed by atoms with E-state index in [1.54, 1.807) is 7.11 Å². The van der Waals surface area contributed by atoms with E-state index in [-0.39, 0.29) is 11.9 Å². The van der Waals surface area contributed by atoms with Crippen molar-refractivity contribution >= 4 is 5.97 Å². The third-order valence-electron chi connectivity index (χ3n) is 4.46. The minimum Gasteiger partial charge on any atom is -0.496 e. The third-order valence-corrected chi connectivity index (χ3v) is 4.46. The molecule has 0 spiro atoms. The first-order chi connectivity index (χ1) is 10.5. The van der Waals surface area contributed by atoms with Gasteiger partial charge in [0.25, 0.3) is 0 Å². The highest BCUT2D eigenvalue weighted by atomic mass is 16.5. The van der Waals surface area contributed by atoms with Crippen LogP contribution in [0.15, 0.2) is 24.3 Å². The van der Waals surface area contributed by atoms with E-state index in [9.17, 15) is 4.79 Å². The van der Waals surface area contributed by atoms with E-state index in [0.717, 1.165) is 30.6 Å². The van der Waals surface area contributed by atoms with Gasteiger partial charge in [-0.05, 0) is 37.3 Å². The van der Waals surface area contributed by atoms with Crippen molar-refractivity contribution in [2.45, 2.75) is 53.4 Å². The van der Waals surface area contributed by atoms with Crippen LogP contribution in [0.1, 0.15) is 52.5 Å². The lowest BCUT2D eigenvalue weighted by Gasteiger charge is -2.36. The molecule has 0 saturated carbocycles. The van der Waals surface area contributed by atoms with Crippen LogP contribution in [-0.4, -0.2) is 19.7 Å². The summed E-state index contributed by atoms with van der Waals surface area (Å²) < 4.78 is 10.9. The summed E-state index contributed by atoms with van der Waals surface area (Å²) in [4.78, 5) is 12.8. The van der Waals surface area contributed by atoms with Gasteiger partial charge >= 0.3 is 5.97 Å². The topological polar surface area (TPSA) is 35.5 Å². The number of para-hydroxylation sites is 1. The number of unbranched alkanes of at least 4 members (excludes halogenated alkanes) is 1. The maximum atomic E-state index is 12.8. The second kappa shape index (κ2) is 8.82. The Morgan fingerprint density at radius 2 is 1.91 bits per heavy atom. The summed E-state index contributed by atoms with van der Waals surface area (Å²) in [6, 6.07) is 7.94. The van der Waals surface area contributed by atoms with Crippen molar-refractivity contribution in [1.29, 1.82) is 0 Å². The quantitative estimate of drug-likeness (QED) is 0.624. The lowest BCUT2D eigenvalue weighted by molar-refractivity contribution is -0.159. The van der Waals surface area contributed by atoms with Crippen LogP contribution < -0.4 is 4.74 Å². The Morgan fingerprint density at radius 3 is 2.45 bits per heavy atom. The van der Waals surface area contributed by atoms with Gasteiger partial charge in [-0.15, -0.1) is 0 Å². The Balaban J connectivity index is 3.19. The van der Waals surface area contributed by atoms with Crippen molar-refractivity contribution < 1.29 is 14.3 Å². The van der Waals surface area contributed by atoms with Crippen LogP contribution in [0.4, 0.5) is 0 Å². The summed E-state index contributed by atoms with van der Waals surface area (Å²) >= 11 is 0. The number of hydrogen-bond donors (Lipinski definition) is 0. The Hall–Kier alpha value is -1.51. The van der Waals surface area contributed by atoms with E-state index in [2.05, 4.69) is 20.8 Å². The van der Waals surface area contributed by atoms with Crippen LogP contribution >= 0.6 is 0 Å². The molecular weight excluding hydrogens is 276 g/mol. The summed E-state index contributed by atoms with van der Waals surface area (Å²) in [5.74, 6) is 0.973. The van der Waals surface area contributed by atoms with Crippen LogP contribution in [-0.2, 0) is 16.0 Å². The Morgan fingerprint density at radius 1 is 1.23 bits per heavy atom. The zero-order valence-electron chi connectivity index (χ0n) is 14.6. The standard InChI is InChI=1S/C19H30O3/c1-6-8-13-19(15(3)4,18(20)22-7-2)14-16-11-9-10-12-17(16)21-5/h9-12,15H,6-8,13-14H2,1-5H3. The van der Waals surface area contributed by atoms with E-state index in [1.807, 2.05) is 31.2 Å². The predicted octanol–water partition coefficient (Wildman–Crippen LogP) is 4.63. The van der Waals surface area contributed by atoms with Crippen molar-refractivity contribution in [3.05, 3.63) is 29.8 Å². The Bertz CT molecular complexity index is 468. The minimum absolute atomic E-state index is 0.0793. The molecule has 22 heavy (non-hydrogen) atoms. The molecule has 0 N–H and O–H groups in total. The Kier molecular flexibility index (Phi) is 7.43. The molecule has 3 heteroatoms. The van der Waals surface area contributed by atoms with Crippen molar-refractivity contribution in [2.75, 3.05) is 13.7 Å². The lowest BCUT2D eigenvalue weighted by atomic mass is 9.69. The highest BCUT2D eigenvalue weighted by Gasteiger charge is 2.42. The van der Waals surface area contributed by atoms with Crippen LogP contribution in [0.5, 0.6) is 5.75 Å². The molecule has 0 aromatic heterocycles. The van der Waals surface area contributed by atoms with Gasteiger partial charge in [-0.2, -0.15) is 0 Å². The van der Waals surface area contributed by atoms with Crippen molar-refractivity contribution in [2.24, 2.45) is 11.3 Å². The number of carbonyl (C=O) groups is 1. The SMILES string of the molecule is CCCCC(Cc1ccccc1OC)(C(=O)OCC)C(C)C. The lowest BCUT2D eigenvalue weighted by Crippen LogP contribution is -2.40. The fourth-order valence-electron chi connectivity index (χ4n) is 2.95. The number of methoxy groups -OCH3 is 1. The van der Waals surface area contributed by atoms with Crippen LogP contribution in [0, 0.1) is 11.3 Å². The number of hydrogen-bond acceptors (Lipinski definition) is 3. The average Bonchev–Trinajstić information content (AvgIpc) is 2.51. The number of rotatable bonds is 9. The molecule has 0 saturated heterocycles. The number of carbonyl (C=O) groups excluding carboxylic acids is 1. The van der Waals surface area contributed by atoms with Gasteiger partial charge in [0, 0.05) is 0 Å². The molecule has 0 amide bonds. The first kappa shape index (κ1) is 18.5. The molecule has 0 bridgehead atoms. The molecule has 124 valence electrons. The first-order valence-electron chi connectivity index (χ1n) is 8.30. The number of ether oxygens (including phenoxy) is 2. The highest BCUT2D eigenvalue weighted by Crippen LogP contribution is 2.40. The number of benzene rings is 1. The molecule has 1 rings (SSSR count). The van der Waals surface area contributed by atoms with Gasteiger partial charge in [-0.1, -0.05) is 51.8 Å². The minimum atomic E-state index is -0.485. The van der Waals surface area contributed by atoms with Crippen molar-refractivity contribution in [3.8, 4) is 5.75 Å². The second-order valence-electron chi connectivity index (χ2n) is 6.12. The monoisotopic (exact) mass is 306 g/mol. The fourth-order valence-corrected chi connectivity index (χ4v) is 2.95. The van der Waals surface area contributed by atoms with Crippen LogP contribution in [0.3, 0.4) is 0 Å². The third kappa shape index (κ3) is 4.25. The van der Waals surface area contributed by atoms with Crippen molar-refractivity contribution in [3.63, 3.8) is 0 Å². The van der Waals surface area contributed by atoms with E-state index in [4.69, 9.17) is 9.47 Å². The normalized spacial score (nSPS) is 13.7.